The first-order chi connectivity index (χ1) is 7.63. The Morgan fingerprint density at radius 2 is 1.28 bits per heavy atom. The standard InChI is InChI=1S/C10H11F7O/c1-7(2,3)5-4-6(18)8(11,12)9(13,14)10(15,16)17/h4-5H,1-3H3. The number of carbonyl (C=O) groups excluding carboxylic acids is 1. The van der Waals surface area contributed by atoms with E-state index in [1.165, 1.54) is 20.8 Å². The smallest absolute Gasteiger partial charge is 0.288 e. The maximum absolute atomic E-state index is 12.8. The van der Waals surface area contributed by atoms with Gasteiger partial charge in [0, 0.05) is 0 Å². The average molecular weight is 280 g/mol. The van der Waals surface area contributed by atoms with Crippen molar-refractivity contribution in [2.75, 3.05) is 0 Å². The minimum Gasteiger partial charge on any atom is -0.288 e. The Bertz CT molecular complexity index is 346. The van der Waals surface area contributed by atoms with Crippen LogP contribution in [0.15, 0.2) is 12.2 Å². The van der Waals surface area contributed by atoms with Gasteiger partial charge >= 0.3 is 18.0 Å². The Morgan fingerprint density at radius 1 is 0.889 bits per heavy atom. The molecule has 0 radical (unpaired) electrons. The predicted octanol–water partition coefficient (Wildman–Crippen LogP) is 3.99. The Morgan fingerprint density at radius 3 is 1.56 bits per heavy atom. The third-order valence-electron chi connectivity index (χ3n) is 1.79. The van der Waals surface area contributed by atoms with Gasteiger partial charge in [-0.1, -0.05) is 26.8 Å². The highest BCUT2D eigenvalue weighted by atomic mass is 19.4. The van der Waals surface area contributed by atoms with Gasteiger partial charge in [0.05, 0.1) is 0 Å². The van der Waals surface area contributed by atoms with Crippen molar-refractivity contribution in [2.24, 2.45) is 5.41 Å². The second-order valence-corrected chi connectivity index (χ2v) is 4.71. The Labute approximate surface area is 98.7 Å². The van der Waals surface area contributed by atoms with Gasteiger partial charge in [-0.3, -0.25) is 4.79 Å². The molecule has 0 aliphatic heterocycles. The molecule has 0 aliphatic rings. The SMILES string of the molecule is CC(C)(C)C=CC(=O)C(F)(F)C(F)(F)C(F)(F)F. The van der Waals surface area contributed by atoms with Crippen molar-refractivity contribution in [2.45, 2.75) is 38.8 Å². The van der Waals surface area contributed by atoms with E-state index in [-0.39, 0.29) is 6.08 Å². The van der Waals surface area contributed by atoms with E-state index in [0.717, 1.165) is 6.08 Å². The van der Waals surface area contributed by atoms with Gasteiger partial charge < -0.3 is 0 Å². The van der Waals surface area contributed by atoms with Gasteiger partial charge in [-0.05, 0) is 11.5 Å². The van der Waals surface area contributed by atoms with Gasteiger partial charge in [0.25, 0.3) is 0 Å². The average Bonchev–Trinajstić information content (AvgIpc) is 2.10. The molecule has 0 atom stereocenters. The summed E-state index contributed by atoms with van der Waals surface area (Å²) in [5.74, 6) is -14.8. The van der Waals surface area contributed by atoms with Crippen LogP contribution in [0.2, 0.25) is 0 Å². The normalized spacial score (nSPS) is 15.2. The molecule has 0 unspecified atom stereocenters. The van der Waals surface area contributed by atoms with E-state index in [9.17, 15) is 35.5 Å². The van der Waals surface area contributed by atoms with Gasteiger partial charge in [-0.25, -0.2) is 0 Å². The molecule has 0 N–H and O–H groups in total. The summed E-state index contributed by atoms with van der Waals surface area (Å²) in [7, 11) is 0. The van der Waals surface area contributed by atoms with Crippen molar-refractivity contribution in [1.82, 2.24) is 0 Å². The molecule has 0 heterocycles. The minimum absolute atomic E-state index is 0.0413. The molecule has 0 amide bonds. The fraction of sp³-hybridized carbons (Fsp3) is 0.700. The van der Waals surface area contributed by atoms with Crippen molar-refractivity contribution in [3.63, 3.8) is 0 Å². The monoisotopic (exact) mass is 280 g/mol. The van der Waals surface area contributed by atoms with Crippen LogP contribution >= 0.6 is 0 Å². The molecule has 0 aromatic rings. The molecule has 18 heavy (non-hydrogen) atoms. The van der Waals surface area contributed by atoms with E-state index in [2.05, 4.69) is 0 Å². The summed E-state index contributed by atoms with van der Waals surface area (Å²) in [5.41, 5.74) is -0.806. The second-order valence-electron chi connectivity index (χ2n) is 4.71. The molecule has 0 bridgehead atoms. The molecule has 0 aromatic heterocycles. The lowest BCUT2D eigenvalue weighted by Crippen LogP contribution is -2.55. The summed E-state index contributed by atoms with van der Waals surface area (Å²) in [5, 5.41) is 0. The first-order valence-electron chi connectivity index (χ1n) is 4.69. The van der Waals surface area contributed by atoms with Crippen LogP contribution in [0.4, 0.5) is 30.7 Å². The van der Waals surface area contributed by atoms with Crippen LogP contribution in [0.5, 0.6) is 0 Å². The zero-order valence-electron chi connectivity index (χ0n) is 9.71. The van der Waals surface area contributed by atoms with Crippen molar-refractivity contribution in [3.8, 4) is 0 Å². The number of halogens is 7. The lowest BCUT2D eigenvalue weighted by atomic mass is 9.94. The highest BCUT2D eigenvalue weighted by Gasteiger charge is 2.75. The van der Waals surface area contributed by atoms with Gasteiger partial charge in [0.2, 0.25) is 5.78 Å². The molecular formula is C10H11F7O. The summed E-state index contributed by atoms with van der Waals surface area (Å²) >= 11 is 0. The van der Waals surface area contributed by atoms with Crippen LogP contribution in [0.25, 0.3) is 0 Å². The van der Waals surface area contributed by atoms with E-state index in [1.807, 2.05) is 0 Å². The molecule has 1 nitrogen and oxygen atoms in total. The van der Waals surface area contributed by atoms with Gasteiger partial charge in [-0.15, -0.1) is 0 Å². The molecule has 106 valence electrons. The lowest BCUT2D eigenvalue weighted by Gasteiger charge is -2.26. The minimum atomic E-state index is -6.50. The van der Waals surface area contributed by atoms with Crippen LogP contribution in [0.1, 0.15) is 20.8 Å². The fourth-order valence-corrected chi connectivity index (χ4v) is 0.763. The molecule has 8 heteroatoms. The van der Waals surface area contributed by atoms with Gasteiger partial charge in [0.15, 0.2) is 0 Å². The van der Waals surface area contributed by atoms with Crippen LogP contribution in [-0.2, 0) is 4.79 Å². The van der Waals surface area contributed by atoms with E-state index >= 15 is 0 Å². The van der Waals surface area contributed by atoms with Crippen LogP contribution in [0, 0.1) is 5.41 Å². The van der Waals surface area contributed by atoms with Crippen LogP contribution in [0.3, 0.4) is 0 Å². The predicted molar refractivity (Wildman–Crippen MR) is 49.6 cm³/mol. The summed E-state index contributed by atoms with van der Waals surface area (Å²) in [4.78, 5) is 10.8. The highest BCUT2D eigenvalue weighted by Crippen LogP contribution is 2.47. The highest BCUT2D eigenvalue weighted by molar-refractivity contribution is 5.96. The summed E-state index contributed by atoms with van der Waals surface area (Å²) in [6.07, 6.45) is -5.63. The molecule has 0 fully saturated rings. The molecular weight excluding hydrogens is 269 g/mol. The Kier molecular flexibility index (Phi) is 4.27. The van der Waals surface area contributed by atoms with Crippen LogP contribution in [-0.4, -0.2) is 23.8 Å². The summed E-state index contributed by atoms with van der Waals surface area (Å²) in [6.45, 7) is 4.37. The Hall–Kier alpha value is -1.08. The maximum atomic E-state index is 12.8. The summed E-state index contributed by atoms with van der Waals surface area (Å²) < 4.78 is 85.8. The molecule has 0 rings (SSSR count). The number of rotatable bonds is 3. The Balaban J connectivity index is 5.29. The topological polar surface area (TPSA) is 17.1 Å². The van der Waals surface area contributed by atoms with E-state index in [0.29, 0.717) is 0 Å². The lowest BCUT2D eigenvalue weighted by molar-refractivity contribution is -0.342. The number of alkyl halides is 7. The van der Waals surface area contributed by atoms with Crippen LogP contribution < -0.4 is 0 Å². The maximum Gasteiger partial charge on any atom is 0.460 e. The quantitative estimate of drug-likeness (QED) is 0.564. The number of ketones is 1. The van der Waals surface area contributed by atoms with Gasteiger partial charge in [0.1, 0.15) is 0 Å². The van der Waals surface area contributed by atoms with Crippen molar-refractivity contribution < 1.29 is 35.5 Å². The van der Waals surface area contributed by atoms with E-state index in [1.54, 1.807) is 0 Å². The first kappa shape index (κ1) is 16.9. The number of carbonyl (C=O) groups is 1. The van der Waals surface area contributed by atoms with Gasteiger partial charge in [-0.2, -0.15) is 30.7 Å². The zero-order chi connectivity index (χ0) is 15.0. The first-order valence-corrected chi connectivity index (χ1v) is 4.69. The molecule has 0 aliphatic carbocycles. The van der Waals surface area contributed by atoms with Crippen molar-refractivity contribution in [1.29, 1.82) is 0 Å². The fourth-order valence-electron chi connectivity index (χ4n) is 0.763. The summed E-state index contributed by atoms with van der Waals surface area (Å²) in [6, 6.07) is 0. The molecule has 0 saturated carbocycles. The molecule has 0 saturated heterocycles. The zero-order valence-corrected chi connectivity index (χ0v) is 9.71. The van der Waals surface area contributed by atoms with Crippen molar-refractivity contribution >= 4 is 5.78 Å². The third-order valence-corrected chi connectivity index (χ3v) is 1.79. The third kappa shape index (κ3) is 3.46. The van der Waals surface area contributed by atoms with E-state index < -0.39 is 29.2 Å². The number of hydrogen-bond acceptors (Lipinski definition) is 1. The molecule has 0 aromatic carbocycles. The second kappa shape index (κ2) is 4.55. The largest absolute Gasteiger partial charge is 0.460 e. The molecule has 0 spiro atoms. The van der Waals surface area contributed by atoms with E-state index in [4.69, 9.17) is 0 Å². The van der Waals surface area contributed by atoms with Crippen molar-refractivity contribution in [3.05, 3.63) is 12.2 Å². The number of allylic oxidation sites excluding steroid dienone is 2. The number of hydrogen-bond donors (Lipinski definition) is 0.